The van der Waals surface area contributed by atoms with Crippen molar-refractivity contribution in [3.8, 4) is 0 Å². The number of rotatable bonds is 5. The predicted octanol–water partition coefficient (Wildman–Crippen LogP) is 0.462. The average Bonchev–Trinajstić information content (AvgIpc) is 2.27. The van der Waals surface area contributed by atoms with Crippen molar-refractivity contribution in [2.75, 3.05) is 31.3 Å². The summed E-state index contributed by atoms with van der Waals surface area (Å²) >= 11 is 1.98. The second kappa shape index (κ2) is 5.95. The summed E-state index contributed by atoms with van der Waals surface area (Å²) in [7, 11) is 0. The third kappa shape index (κ3) is 3.77. The van der Waals surface area contributed by atoms with Crippen LogP contribution in [0.5, 0.6) is 0 Å². The minimum atomic E-state index is -0.373. The summed E-state index contributed by atoms with van der Waals surface area (Å²) < 4.78 is 0. The molecule has 1 fully saturated rings. The second-order valence-corrected chi connectivity index (χ2v) is 5.57. The van der Waals surface area contributed by atoms with E-state index in [1.807, 2.05) is 18.7 Å². The lowest BCUT2D eigenvalue weighted by atomic mass is 9.92. The first-order valence-corrected chi connectivity index (χ1v) is 6.38. The van der Waals surface area contributed by atoms with Crippen molar-refractivity contribution < 1.29 is 10.2 Å². The molecular formula is C10H21NO2S. The number of nitrogens with one attached hydrogen (secondary N) is 1. The summed E-state index contributed by atoms with van der Waals surface area (Å²) in [5.74, 6) is 2.43. The van der Waals surface area contributed by atoms with Crippen molar-refractivity contribution in [1.82, 2.24) is 5.32 Å². The smallest absolute Gasteiger partial charge is 0.0518 e. The van der Waals surface area contributed by atoms with E-state index in [2.05, 4.69) is 5.32 Å². The molecule has 0 aromatic rings. The normalized spacial score (nSPS) is 23.8. The van der Waals surface area contributed by atoms with Gasteiger partial charge in [0.25, 0.3) is 0 Å². The van der Waals surface area contributed by atoms with E-state index in [1.165, 1.54) is 18.6 Å². The van der Waals surface area contributed by atoms with Crippen molar-refractivity contribution in [2.24, 2.45) is 5.41 Å². The highest BCUT2D eigenvalue weighted by atomic mass is 32.2. The fourth-order valence-electron chi connectivity index (χ4n) is 1.45. The monoisotopic (exact) mass is 219 g/mol. The van der Waals surface area contributed by atoms with E-state index >= 15 is 0 Å². The maximum absolute atomic E-state index is 9.11. The van der Waals surface area contributed by atoms with E-state index in [1.54, 1.807) is 0 Å². The van der Waals surface area contributed by atoms with Crippen molar-refractivity contribution >= 4 is 11.8 Å². The fraction of sp³-hybridized carbons (Fsp3) is 1.00. The van der Waals surface area contributed by atoms with Gasteiger partial charge in [0.05, 0.1) is 13.2 Å². The van der Waals surface area contributed by atoms with Gasteiger partial charge in [-0.15, -0.1) is 0 Å². The number of hydrogen-bond donors (Lipinski definition) is 3. The summed E-state index contributed by atoms with van der Waals surface area (Å²) in [6.07, 6.45) is 2.50. The zero-order valence-electron chi connectivity index (χ0n) is 8.83. The Morgan fingerprint density at radius 2 is 2.14 bits per heavy atom. The molecule has 4 heteroatoms. The molecule has 1 heterocycles. The fourth-order valence-corrected chi connectivity index (χ4v) is 2.56. The molecule has 0 saturated carbocycles. The Balaban J connectivity index is 2.23. The van der Waals surface area contributed by atoms with Crippen molar-refractivity contribution in [1.29, 1.82) is 0 Å². The van der Waals surface area contributed by atoms with Crippen LogP contribution in [0, 0.1) is 5.41 Å². The third-order valence-corrected chi connectivity index (χ3v) is 3.96. The van der Waals surface area contributed by atoms with Crippen molar-refractivity contribution in [2.45, 2.75) is 25.8 Å². The minimum absolute atomic E-state index is 0.0381. The molecule has 0 aliphatic carbocycles. The first-order valence-electron chi connectivity index (χ1n) is 5.23. The van der Waals surface area contributed by atoms with Crippen LogP contribution in [0.2, 0.25) is 0 Å². The third-order valence-electron chi connectivity index (χ3n) is 2.74. The number of hydrogen-bond acceptors (Lipinski definition) is 4. The van der Waals surface area contributed by atoms with Gasteiger partial charge in [0, 0.05) is 23.8 Å². The molecule has 3 nitrogen and oxygen atoms in total. The molecule has 0 aromatic carbocycles. The van der Waals surface area contributed by atoms with Crippen LogP contribution < -0.4 is 5.32 Å². The molecule has 0 spiro atoms. The summed E-state index contributed by atoms with van der Waals surface area (Å²) in [5.41, 5.74) is -0.373. The van der Waals surface area contributed by atoms with Gasteiger partial charge in [0.1, 0.15) is 0 Å². The maximum Gasteiger partial charge on any atom is 0.0518 e. The maximum atomic E-state index is 9.11. The Hall–Kier alpha value is 0.230. The Morgan fingerprint density at radius 3 is 2.64 bits per heavy atom. The zero-order valence-corrected chi connectivity index (χ0v) is 9.65. The highest BCUT2D eigenvalue weighted by molar-refractivity contribution is 7.99. The Kier molecular flexibility index (Phi) is 5.23. The van der Waals surface area contributed by atoms with Crippen LogP contribution in [0.25, 0.3) is 0 Å². The van der Waals surface area contributed by atoms with Gasteiger partial charge in [-0.3, -0.25) is 0 Å². The van der Waals surface area contributed by atoms with E-state index in [-0.39, 0.29) is 18.6 Å². The molecule has 1 aliphatic heterocycles. The Morgan fingerprint density at radius 1 is 1.43 bits per heavy atom. The molecule has 14 heavy (non-hydrogen) atoms. The minimum Gasteiger partial charge on any atom is -0.396 e. The molecule has 1 aliphatic rings. The predicted molar refractivity (Wildman–Crippen MR) is 60.6 cm³/mol. The number of aliphatic hydroxyl groups excluding tert-OH is 2. The molecule has 3 N–H and O–H groups in total. The summed E-state index contributed by atoms with van der Waals surface area (Å²) in [5, 5.41) is 21.6. The summed E-state index contributed by atoms with van der Waals surface area (Å²) in [4.78, 5) is 0. The van der Waals surface area contributed by atoms with Gasteiger partial charge in [0.2, 0.25) is 0 Å². The van der Waals surface area contributed by atoms with E-state index < -0.39 is 0 Å². The first kappa shape index (κ1) is 12.3. The first-order chi connectivity index (χ1) is 6.70. The highest BCUT2D eigenvalue weighted by Crippen LogP contribution is 2.19. The molecule has 84 valence electrons. The molecule has 1 atom stereocenters. The van der Waals surface area contributed by atoms with E-state index in [0.717, 1.165) is 5.75 Å². The Bertz CT molecular complexity index is 156. The van der Waals surface area contributed by atoms with E-state index in [9.17, 15) is 0 Å². The van der Waals surface area contributed by atoms with Crippen molar-refractivity contribution in [3.05, 3.63) is 0 Å². The molecule has 1 rings (SSSR count). The second-order valence-electron chi connectivity index (χ2n) is 4.42. The lowest BCUT2D eigenvalue weighted by molar-refractivity contribution is 0.0676. The Labute approximate surface area is 90.3 Å². The topological polar surface area (TPSA) is 52.5 Å². The van der Waals surface area contributed by atoms with Gasteiger partial charge in [-0.1, -0.05) is 6.92 Å². The molecule has 0 bridgehead atoms. The lowest BCUT2D eigenvalue weighted by Gasteiger charge is -2.29. The molecule has 0 aromatic heterocycles. The van der Waals surface area contributed by atoms with Crippen LogP contribution in [0.1, 0.15) is 19.8 Å². The van der Waals surface area contributed by atoms with Gasteiger partial charge < -0.3 is 15.5 Å². The number of thioether (sulfide) groups is 1. The van der Waals surface area contributed by atoms with Gasteiger partial charge in [0.15, 0.2) is 0 Å². The van der Waals surface area contributed by atoms with Crippen LogP contribution in [0.15, 0.2) is 0 Å². The zero-order chi connectivity index (χ0) is 10.4. The summed E-state index contributed by atoms with van der Waals surface area (Å²) in [6, 6.07) is 0.561. The largest absolute Gasteiger partial charge is 0.396 e. The molecule has 1 saturated heterocycles. The molecule has 1 unspecified atom stereocenters. The van der Waals surface area contributed by atoms with Crippen LogP contribution >= 0.6 is 11.8 Å². The molecular weight excluding hydrogens is 198 g/mol. The molecule has 0 amide bonds. The van der Waals surface area contributed by atoms with E-state index in [4.69, 9.17) is 10.2 Å². The number of aliphatic hydroxyl groups is 2. The van der Waals surface area contributed by atoms with E-state index in [0.29, 0.717) is 12.6 Å². The average molecular weight is 219 g/mol. The van der Waals surface area contributed by atoms with Gasteiger partial charge >= 0.3 is 0 Å². The quantitative estimate of drug-likeness (QED) is 0.629. The SMILES string of the molecule is CC(CO)(CO)CNC1CCCSC1. The molecule has 0 radical (unpaired) electrons. The highest BCUT2D eigenvalue weighted by Gasteiger charge is 2.24. The van der Waals surface area contributed by atoms with Crippen LogP contribution in [-0.4, -0.2) is 47.5 Å². The van der Waals surface area contributed by atoms with Gasteiger partial charge in [-0.2, -0.15) is 11.8 Å². The van der Waals surface area contributed by atoms with Gasteiger partial charge in [-0.25, -0.2) is 0 Å². The lowest BCUT2D eigenvalue weighted by Crippen LogP contribution is -2.44. The van der Waals surface area contributed by atoms with Crippen LogP contribution in [0.4, 0.5) is 0 Å². The van der Waals surface area contributed by atoms with Gasteiger partial charge in [-0.05, 0) is 18.6 Å². The van der Waals surface area contributed by atoms with Crippen LogP contribution in [-0.2, 0) is 0 Å². The van der Waals surface area contributed by atoms with Crippen LogP contribution in [0.3, 0.4) is 0 Å². The standard InChI is InChI=1S/C10H21NO2S/c1-10(7-12,8-13)6-11-9-3-2-4-14-5-9/h9,11-13H,2-8H2,1H3. The van der Waals surface area contributed by atoms with Crippen molar-refractivity contribution in [3.63, 3.8) is 0 Å². The summed E-state index contributed by atoms with van der Waals surface area (Å²) in [6.45, 7) is 2.67.